The number of hydrogen-bond acceptors (Lipinski definition) is 4. The molecule has 2 N–H and O–H groups in total. The Labute approximate surface area is 126 Å². The lowest BCUT2D eigenvalue weighted by atomic mass is 9.58. The molecular formula is C14H26ClNO4. The molecule has 1 aliphatic heterocycles. The van der Waals surface area contributed by atoms with E-state index in [0.717, 1.165) is 32.4 Å². The first-order valence-corrected chi connectivity index (χ1v) is 7.31. The predicted molar refractivity (Wildman–Crippen MR) is 78.2 cm³/mol. The standard InChI is InChI=1S/C14H25NO4.ClH/c1-3-10(13(17)18)15-7-5-14(6-8-15)11(16)9-12(14)19-4-2;/h10-12,16H,3-9H2,1-2H3,(H,17,18);1H. The van der Waals surface area contributed by atoms with Crippen molar-refractivity contribution in [3.05, 3.63) is 0 Å². The van der Waals surface area contributed by atoms with Crippen LogP contribution in [-0.2, 0) is 9.53 Å². The van der Waals surface area contributed by atoms with Crippen LogP contribution in [0.15, 0.2) is 0 Å². The lowest BCUT2D eigenvalue weighted by Gasteiger charge is -2.57. The Morgan fingerprint density at radius 2 is 2.00 bits per heavy atom. The molecule has 2 rings (SSSR count). The van der Waals surface area contributed by atoms with Gasteiger partial charge in [0, 0.05) is 18.4 Å². The second-order valence-corrected chi connectivity index (χ2v) is 5.73. The van der Waals surface area contributed by atoms with Gasteiger partial charge in [-0.05, 0) is 39.3 Å². The van der Waals surface area contributed by atoms with Crippen LogP contribution in [0.4, 0.5) is 0 Å². The number of carbonyl (C=O) groups is 1. The van der Waals surface area contributed by atoms with Crippen LogP contribution in [0.25, 0.3) is 0 Å². The van der Waals surface area contributed by atoms with Gasteiger partial charge < -0.3 is 14.9 Å². The minimum absolute atomic E-state index is 0. The molecule has 1 saturated carbocycles. The summed E-state index contributed by atoms with van der Waals surface area (Å²) >= 11 is 0. The predicted octanol–water partition coefficient (Wildman–Crippen LogP) is 1.52. The molecule has 0 amide bonds. The Kier molecular flexibility index (Phi) is 6.25. The van der Waals surface area contributed by atoms with Crippen LogP contribution in [0, 0.1) is 5.41 Å². The highest BCUT2D eigenvalue weighted by Crippen LogP contribution is 2.51. The van der Waals surface area contributed by atoms with Crippen LogP contribution < -0.4 is 0 Å². The number of carboxylic acid groups (broad SMARTS) is 1. The molecule has 118 valence electrons. The van der Waals surface area contributed by atoms with Crippen LogP contribution in [0.2, 0.25) is 0 Å². The first-order chi connectivity index (χ1) is 9.05. The summed E-state index contributed by atoms with van der Waals surface area (Å²) in [6, 6.07) is -0.389. The number of nitrogens with zero attached hydrogens (tertiary/aromatic N) is 1. The van der Waals surface area contributed by atoms with E-state index in [9.17, 15) is 15.0 Å². The number of carboxylic acids is 1. The Morgan fingerprint density at radius 3 is 2.40 bits per heavy atom. The Bertz CT molecular complexity index is 329. The molecule has 1 spiro atoms. The largest absolute Gasteiger partial charge is 0.480 e. The highest BCUT2D eigenvalue weighted by Gasteiger charge is 2.56. The van der Waals surface area contributed by atoms with Gasteiger partial charge in [0.25, 0.3) is 0 Å². The third-order valence-corrected chi connectivity index (χ3v) is 4.95. The van der Waals surface area contributed by atoms with Crippen molar-refractivity contribution in [3.63, 3.8) is 0 Å². The van der Waals surface area contributed by atoms with Crippen molar-refractivity contribution in [2.45, 2.75) is 57.8 Å². The number of halogens is 1. The minimum Gasteiger partial charge on any atom is -0.480 e. The van der Waals surface area contributed by atoms with Gasteiger partial charge in [-0.15, -0.1) is 12.4 Å². The molecule has 20 heavy (non-hydrogen) atoms. The lowest BCUT2D eigenvalue weighted by molar-refractivity contribution is -0.211. The van der Waals surface area contributed by atoms with E-state index in [2.05, 4.69) is 0 Å². The van der Waals surface area contributed by atoms with Crippen LogP contribution in [-0.4, -0.2) is 59.0 Å². The minimum atomic E-state index is -0.742. The average molecular weight is 308 g/mol. The number of aliphatic hydroxyl groups is 1. The monoisotopic (exact) mass is 307 g/mol. The zero-order valence-corrected chi connectivity index (χ0v) is 13.1. The first-order valence-electron chi connectivity index (χ1n) is 7.31. The Morgan fingerprint density at radius 1 is 1.40 bits per heavy atom. The van der Waals surface area contributed by atoms with E-state index in [-0.39, 0.29) is 36.1 Å². The summed E-state index contributed by atoms with van der Waals surface area (Å²) in [5, 5.41) is 19.3. The molecular weight excluding hydrogens is 282 g/mol. The number of piperidine rings is 1. The van der Waals surface area contributed by atoms with Crippen LogP contribution in [0.5, 0.6) is 0 Å². The van der Waals surface area contributed by atoms with Gasteiger partial charge >= 0.3 is 5.97 Å². The van der Waals surface area contributed by atoms with Crippen LogP contribution >= 0.6 is 12.4 Å². The number of likely N-dealkylation sites (tertiary alicyclic amines) is 1. The molecule has 0 aromatic carbocycles. The summed E-state index contributed by atoms with van der Waals surface area (Å²) < 4.78 is 5.72. The van der Waals surface area contributed by atoms with Gasteiger partial charge in [-0.25, -0.2) is 0 Å². The van der Waals surface area contributed by atoms with Gasteiger partial charge in [0.05, 0.1) is 12.2 Å². The second kappa shape index (κ2) is 7.07. The zero-order chi connectivity index (χ0) is 14.0. The molecule has 2 fully saturated rings. The maximum absolute atomic E-state index is 11.2. The second-order valence-electron chi connectivity index (χ2n) is 5.73. The fraction of sp³-hybridized carbons (Fsp3) is 0.929. The van der Waals surface area contributed by atoms with E-state index >= 15 is 0 Å². The zero-order valence-electron chi connectivity index (χ0n) is 12.2. The summed E-state index contributed by atoms with van der Waals surface area (Å²) in [5.41, 5.74) is -0.122. The fourth-order valence-electron chi connectivity index (χ4n) is 3.66. The van der Waals surface area contributed by atoms with Crippen molar-refractivity contribution >= 4 is 18.4 Å². The number of aliphatic carboxylic acids is 1. The Hall–Kier alpha value is -0.360. The lowest BCUT2D eigenvalue weighted by Crippen LogP contribution is -2.63. The third kappa shape index (κ3) is 2.96. The summed E-state index contributed by atoms with van der Waals surface area (Å²) in [4.78, 5) is 13.2. The molecule has 0 bridgehead atoms. The molecule has 2 aliphatic rings. The molecule has 0 aromatic heterocycles. The molecule has 0 aromatic rings. The molecule has 3 unspecified atom stereocenters. The molecule has 1 aliphatic carbocycles. The number of ether oxygens (including phenoxy) is 1. The van der Waals surface area contributed by atoms with Crippen molar-refractivity contribution in [3.8, 4) is 0 Å². The highest BCUT2D eigenvalue weighted by atomic mass is 35.5. The highest BCUT2D eigenvalue weighted by molar-refractivity contribution is 5.85. The van der Waals surface area contributed by atoms with Gasteiger partial charge in [0.15, 0.2) is 0 Å². The number of hydrogen-bond donors (Lipinski definition) is 2. The molecule has 5 nitrogen and oxygen atoms in total. The summed E-state index contributed by atoms with van der Waals surface area (Å²) in [6.07, 6.45) is 2.89. The van der Waals surface area contributed by atoms with E-state index in [0.29, 0.717) is 13.0 Å². The van der Waals surface area contributed by atoms with Crippen LogP contribution in [0.1, 0.15) is 39.5 Å². The topological polar surface area (TPSA) is 70.0 Å². The van der Waals surface area contributed by atoms with Gasteiger partial charge in [0.2, 0.25) is 0 Å². The molecule has 1 saturated heterocycles. The summed E-state index contributed by atoms with van der Waals surface area (Å²) in [5.74, 6) is -0.742. The summed E-state index contributed by atoms with van der Waals surface area (Å²) in [7, 11) is 0. The van der Waals surface area contributed by atoms with E-state index in [1.165, 1.54) is 0 Å². The van der Waals surface area contributed by atoms with Crippen LogP contribution in [0.3, 0.4) is 0 Å². The SMILES string of the molecule is CCOC1CC(O)C12CCN(C(CC)C(=O)O)CC2.Cl. The van der Waals surface area contributed by atoms with Gasteiger partial charge in [0.1, 0.15) is 6.04 Å². The van der Waals surface area contributed by atoms with E-state index in [1.807, 2.05) is 18.7 Å². The maximum atomic E-state index is 11.2. The number of aliphatic hydroxyl groups excluding tert-OH is 1. The van der Waals surface area contributed by atoms with E-state index in [4.69, 9.17) is 4.74 Å². The normalized spacial score (nSPS) is 30.4. The van der Waals surface area contributed by atoms with E-state index in [1.54, 1.807) is 0 Å². The Balaban J connectivity index is 0.00000200. The van der Waals surface area contributed by atoms with Gasteiger partial charge in [-0.2, -0.15) is 0 Å². The van der Waals surface area contributed by atoms with Crippen molar-refractivity contribution in [1.29, 1.82) is 0 Å². The average Bonchev–Trinajstić information content (AvgIpc) is 2.40. The molecule has 6 heteroatoms. The number of rotatable bonds is 5. The fourth-order valence-corrected chi connectivity index (χ4v) is 3.66. The third-order valence-electron chi connectivity index (χ3n) is 4.95. The van der Waals surface area contributed by atoms with Crippen molar-refractivity contribution in [1.82, 2.24) is 4.90 Å². The first kappa shape index (κ1) is 17.7. The van der Waals surface area contributed by atoms with Crippen molar-refractivity contribution in [2.75, 3.05) is 19.7 Å². The maximum Gasteiger partial charge on any atom is 0.320 e. The van der Waals surface area contributed by atoms with Crippen molar-refractivity contribution in [2.24, 2.45) is 5.41 Å². The molecule has 1 heterocycles. The van der Waals surface area contributed by atoms with Gasteiger partial charge in [-0.3, -0.25) is 9.69 Å². The smallest absolute Gasteiger partial charge is 0.320 e. The van der Waals surface area contributed by atoms with Crippen molar-refractivity contribution < 1.29 is 19.7 Å². The van der Waals surface area contributed by atoms with E-state index < -0.39 is 5.97 Å². The molecule has 3 atom stereocenters. The molecule has 0 radical (unpaired) electrons. The van der Waals surface area contributed by atoms with Gasteiger partial charge in [-0.1, -0.05) is 6.92 Å². The summed E-state index contributed by atoms with van der Waals surface area (Å²) in [6.45, 7) is 6.04. The quantitative estimate of drug-likeness (QED) is 0.806.